The SMILES string of the molecule is O=C(CCCn1cncn1)N1CCN(Cc2ccccc2)CCCN(C(=O)C2CC2)c2cc(Cl)ccc2C1. The number of rotatable bonds is 7. The van der Waals surface area contributed by atoms with Gasteiger partial charge in [0, 0.05) is 63.2 Å². The molecule has 1 aliphatic carbocycles. The Bertz CT molecular complexity index is 1220. The van der Waals surface area contributed by atoms with Crippen LogP contribution in [0.25, 0.3) is 0 Å². The van der Waals surface area contributed by atoms with Crippen molar-refractivity contribution >= 4 is 29.1 Å². The van der Waals surface area contributed by atoms with E-state index in [4.69, 9.17) is 11.6 Å². The zero-order chi connectivity index (χ0) is 26.3. The van der Waals surface area contributed by atoms with Gasteiger partial charge in [0.15, 0.2) is 0 Å². The number of hydrogen-bond donors (Lipinski definition) is 0. The predicted molar refractivity (Wildman–Crippen MR) is 148 cm³/mol. The van der Waals surface area contributed by atoms with Crippen molar-refractivity contribution in [2.75, 3.05) is 31.1 Å². The molecule has 0 unspecified atom stereocenters. The van der Waals surface area contributed by atoms with E-state index in [1.807, 2.05) is 34.1 Å². The quantitative estimate of drug-likeness (QED) is 0.449. The van der Waals surface area contributed by atoms with Crippen LogP contribution in [0.5, 0.6) is 0 Å². The Hall–Kier alpha value is -3.23. The van der Waals surface area contributed by atoms with E-state index in [-0.39, 0.29) is 17.7 Å². The number of hydrogen-bond acceptors (Lipinski definition) is 5. The van der Waals surface area contributed by atoms with Crippen LogP contribution in [0.15, 0.2) is 61.2 Å². The van der Waals surface area contributed by atoms with E-state index in [9.17, 15) is 9.59 Å². The molecule has 38 heavy (non-hydrogen) atoms. The van der Waals surface area contributed by atoms with Gasteiger partial charge < -0.3 is 9.80 Å². The molecule has 3 aromatic rings. The molecular formula is C29H35ClN6O2. The van der Waals surface area contributed by atoms with Crippen LogP contribution >= 0.6 is 11.6 Å². The normalized spacial score (nSPS) is 17.1. The average molecular weight is 535 g/mol. The Balaban J connectivity index is 1.38. The smallest absolute Gasteiger partial charge is 0.230 e. The fourth-order valence-corrected chi connectivity index (χ4v) is 5.21. The van der Waals surface area contributed by atoms with E-state index >= 15 is 0 Å². The van der Waals surface area contributed by atoms with Crippen LogP contribution in [0.3, 0.4) is 0 Å². The minimum absolute atomic E-state index is 0.0990. The lowest BCUT2D eigenvalue weighted by atomic mass is 10.1. The van der Waals surface area contributed by atoms with Crippen molar-refractivity contribution in [3.63, 3.8) is 0 Å². The standard InChI is InChI=1S/C29H35ClN6O2/c30-26-12-11-25-20-34(28(37)8-4-14-35-22-31-21-32-35)17-16-33(19-23-6-2-1-3-7-23)13-5-15-36(27(25)18-26)29(38)24-9-10-24/h1-3,6-7,11-12,18,21-22,24H,4-5,8-10,13-17,19-20H2. The molecule has 1 fully saturated rings. The lowest BCUT2D eigenvalue weighted by Crippen LogP contribution is -2.38. The fourth-order valence-electron chi connectivity index (χ4n) is 5.04. The molecular weight excluding hydrogens is 500 g/mol. The summed E-state index contributed by atoms with van der Waals surface area (Å²) in [6, 6.07) is 16.1. The molecule has 0 N–H and O–H groups in total. The number of nitrogens with zero attached hydrogens (tertiary/aromatic N) is 6. The van der Waals surface area contributed by atoms with Gasteiger partial charge in [0.1, 0.15) is 12.7 Å². The number of carbonyl (C=O) groups excluding carboxylic acids is 2. The summed E-state index contributed by atoms with van der Waals surface area (Å²) in [6.07, 6.45) is 7.03. The van der Waals surface area contributed by atoms with Gasteiger partial charge in [-0.25, -0.2) is 4.98 Å². The molecule has 9 heteroatoms. The maximum atomic E-state index is 13.5. The van der Waals surface area contributed by atoms with Gasteiger partial charge in [-0.15, -0.1) is 0 Å². The van der Waals surface area contributed by atoms with Gasteiger partial charge in [0.2, 0.25) is 11.8 Å². The van der Waals surface area contributed by atoms with Crippen LogP contribution in [0.4, 0.5) is 5.69 Å². The first-order valence-corrected chi connectivity index (χ1v) is 13.9. The van der Waals surface area contributed by atoms with E-state index < -0.39 is 0 Å². The molecule has 2 aliphatic rings. The zero-order valence-electron chi connectivity index (χ0n) is 21.7. The van der Waals surface area contributed by atoms with Crippen molar-refractivity contribution < 1.29 is 9.59 Å². The second-order valence-electron chi connectivity index (χ2n) is 10.2. The van der Waals surface area contributed by atoms with Crippen molar-refractivity contribution in [3.05, 3.63) is 77.3 Å². The Morgan fingerprint density at radius 2 is 1.84 bits per heavy atom. The summed E-state index contributed by atoms with van der Waals surface area (Å²) in [5, 5.41) is 4.74. The lowest BCUT2D eigenvalue weighted by Gasteiger charge is -2.28. The first-order valence-electron chi connectivity index (χ1n) is 13.5. The second kappa shape index (κ2) is 12.5. The highest BCUT2D eigenvalue weighted by molar-refractivity contribution is 6.31. The van der Waals surface area contributed by atoms with Crippen LogP contribution in [0, 0.1) is 5.92 Å². The van der Waals surface area contributed by atoms with Gasteiger partial charge in [-0.2, -0.15) is 5.10 Å². The molecule has 1 saturated carbocycles. The Morgan fingerprint density at radius 3 is 2.61 bits per heavy atom. The minimum Gasteiger partial charge on any atom is -0.337 e. The fraction of sp³-hybridized carbons (Fsp3) is 0.448. The third-order valence-corrected chi connectivity index (χ3v) is 7.52. The second-order valence-corrected chi connectivity index (χ2v) is 10.7. The molecule has 0 atom stereocenters. The van der Waals surface area contributed by atoms with Crippen molar-refractivity contribution in [2.45, 2.75) is 51.7 Å². The van der Waals surface area contributed by atoms with E-state index in [0.717, 1.165) is 50.1 Å². The summed E-state index contributed by atoms with van der Waals surface area (Å²) >= 11 is 6.43. The van der Waals surface area contributed by atoms with E-state index in [2.05, 4.69) is 39.2 Å². The monoisotopic (exact) mass is 534 g/mol. The summed E-state index contributed by atoms with van der Waals surface area (Å²) in [7, 11) is 0. The number of aryl methyl sites for hydroxylation is 1. The van der Waals surface area contributed by atoms with Crippen LogP contribution in [-0.2, 0) is 29.2 Å². The molecule has 8 nitrogen and oxygen atoms in total. The number of halogens is 1. The first-order chi connectivity index (χ1) is 18.6. The maximum Gasteiger partial charge on any atom is 0.230 e. The van der Waals surface area contributed by atoms with Gasteiger partial charge in [-0.1, -0.05) is 48.0 Å². The summed E-state index contributed by atoms with van der Waals surface area (Å²) in [6.45, 7) is 4.77. The topological polar surface area (TPSA) is 74.6 Å². The molecule has 0 bridgehead atoms. The minimum atomic E-state index is 0.0990. The molecule has 2 aromatic carbocycles. The van der Waals surface area contributed by atoms with Crippen LogP contribution in [0.1, 0.15) is 43.2 Å². The summed E-state index contributed by atoms with van der Waals surface area (Å²) in [5.74, 6) is 0.375. The lowest BCUT2D eigenvalue weighted by molar-refractivity contribution is -0.132. The predicted octanol–water partition coefficient (Wildman–Crippen LogP) is 4.39. The molecule has 2 amide bonds. The number of aromatic nitrogens is 3. The molecule has 5 rings (SSSR count). The van der Waals surface area contributed by atoms with Gasteiger partial charge in [-0.05, 0) is 48.9 Å². The third kappa shape index (κ3) is 6.99. The molecule has 2 heterocycles. The maximum absolute atomic E-state index is 13.5. The molecule has 0 spiro atoms. The van der Waals surface area contributed by atoms with Crippen molar-refractivity contribution in [1.29, 1.82) is 0 Å². The molecule has 1 aromatic heterocycles. The van der Waals surface area contributed by atoms with E-state index in [0.29, 0.717) is 44.0 Å². The summed E-state index contributed by atoms with van der Waals surface area (Å²) < 4.78 is 1.75. The van der Waals surface area contributed by atoms with E-state index in [1.54, 1.807) is 11.0 Å². The number of benzene rings is 2. The Kier molecular flexibility index (Phi) is 8.71. The molecule has 0 saturated heterocycles. The van der Waals surface area contributed by atoms with Crippen molar-refractivity contribution in [3.8, 4) is 0 Å². The van der Waals surface area contributed by atoms with Crippen molar-refractivity contribution in [1.82, 2.24) is 24.6 Å². The zero-order valence-corrected chi connectivity index (χ0v) is 22.5. The van der Waals surface area contributed by atoms with Crippen LogP contribution < -0.4 is 4.90 Å². The summed E-state index contributed by atoms with van der Waals surface area (Å²) in [5.41, 5.74) is 3.05. The summed E-state index contributed by atoms with van der Waals surface area (Å²) in [4.78, 5) is 37.2. The van der Waals surface area contributed by atoms with Crippen molar-refractivity contribution in [2.24, 2.45) is 5.92 Å². The van der Waals surface area contributed by atoms with Crippen LogP contribution in [0.2, 0.25) is 5.02 Å². The molecule has 1 aliphatic heterocycles. The van der Waals surface area contributed by atoms with Gasteiger partial charge in [0.05, 0.1) is 5.69 Å². The highest BCUT2D eigenvalue weighted by Crippen LogP contribution is 2.35. The van der Waals surface area contributed by atoms with Gasteiger partial charge in [-0.3, -0.25) is 19.2 Å². The molecule has 0 radical (unpaired) electrons. The average Bonchev–Trinajstić information content (AvgIpc) is 3.65. The van der Waals surface area contributed by atoms with Gasteiger partial charge in [0.25, 0.3) is 0 Å². The first kappa shape index (κ1) is 26.4. The number of anilines is 1. The number of amides is 2. The Morgan fingerprint density at radius 1 is 1.00 bits per heavy atom. The highest BCUT2D eigenvalue weighted by atomic mass is 35.5. The third-order valence-electron chi connectivity index (χ3n) is 7.28. The Labute approximate surface area is 229 Å². The number of carbonyl (C=O) groups is 2. The largest absolute Gasteiger partial charge is 0.337 e. The van der Waals surface area contributed by atoms with E-state index in [1.165, 1.54) is 11.9 Å². The number of fused-ring (bicyclic) bond motifs is 1. The molecule has 200 valence electrons. The van der Waals surface area contributed by atoms with Crippen LogP contribution in [-0.4, -0.2) is 62.6 Å². The highest BCUT2D eigenvalue weighted by Gasteiger charge is 2.35. The van der Waals surface area contributed by atoms with Gasteiger partial charge >= 0.3 is 0 Å².